The second-order valence-corrected chi connectivity index (χ2v) is 7.10. The first-order chi connectivity index (χ1) is 9.11. The van der Waals surface area contributed by atoms with E-state index < -0.39 is 0 Å². The van der Waals surface area contributed by atoms with E-state index in [1.807, 2.05) is 12.1 Å². The van der Waals surface area contributed by atoms with Crippen molar-refractivity contribution in [2.75, 3.05) is 18.8 Å². The Morgan fingerprint density at radius 3 is 2.68 bits per heavy atom. The molecule has 0 spiro atoms. The topological polar surface area (TPSA) is 29.3 Å². The standard InChI is InChI=1S/C15H23ClN2S/c1-3-14-10-18(8-9-19-14)15(11(2)17)12-4-6-13(16)7-5-12/h4-7,11,14-15H,3,8-10,17H2,1-2H3. The number of hydrogen-bond acceptors (Lipinski definition) is 3. The Labute approximate surface area is 125 Å². The summed E-state index contributed by atoms with van der Waals surface area (Å²) in [4.78, 5) is 2.54. The van der Waals surface area contributed by atoms with Gasteiger partial charge in [-0.2, -0.15) is 11.8 Å². The Morgan fingerprint density at radius 1 is 1.42 bits per heavy atom. The molecule has 2 N–H and O–H groups in total. The molecule has 3 unspecified atom stereocenters. The second kappa shape index (κ2) is 6.98. The van der Waals surface area contributed by atoms with E-state index in [1.165, 1.54) is 17.7 Å². The zero-order chi connectivity index (χ0) is 13.8. The smallest absolute Gasteiger partial charge is 0.0497 e. The lowest BCUT2D eigenvalue weighted by Gasteiger charge is -2.39. The van der Waals surface area contributed by atoms with Crippen molar-refractivity contribution in [1.29, 1.82) is 0 Å². The fourth-order valence-electron chi connectivity index (χ4n) is 2.75. The van der Waals surface area contributed by atoms with E-state index in [2.05, 4.69) is 42.6 Å². The normalized spacial score (nSPS) is 24.1. The number of nitrogens with two attached hydrogens (primary N) is 1. The molecule has 0 bridgehead atoms. The second-order valence-electron chi connectivity index (χ2n) is 5.25. The van der Waals surface area contributed by atoms with Crippen LogP contribution in [-0.2, 0) is 0 Å². The van der Waals surface area contributed by atoms with E-state index in [-0.39, 0.29) is 6.04 Å². The summed E-state index contributed by atoms with van der Waals surface area (Å²) >= 11 is 8.07. The quantitative estimate of drug-likeness (QED) is 0.921. The van der Waals surface area contributed by atoms with Gasteiger partial charge in [0.1, 0.15) is 0 Å². The fourth-order valence-corrected chi connectivity index (χ4v) is 4.08. The molecule has 19 heavy (non-hydrogen) atoms. The Balaban J connectivity index is 2.17. The molecule has 1 saturated heterocycles. The lowest BCUT2D eigenvalue weighted by Crippen LogP contribution is -2.46. The van der Waals surface area contributed by atoms with Gasteiger partial charge in [0.25, 0.3) is 0 Å². The van der Waals surface area contributed by atoms with Crippen molar-refractivity contribution < 1.29 is 0 Å². The highest BCUT2D eigenvalue weighted by molar-refractivity contribution is 8.00. The first-order valence-corrected chi connectivity index (χ1v) is 8.41. The first-order valence-electron chi connectivity index (χ1n) is 6.98. The Morgan fingerprint density at radius 2 is 2.11 bits per heavy atom. The van der Waals surface area contributed by atoms with Crippen LogP contribution in [0.4, 0.5) is 0 Å². The van der Waals surface area contributed by atoms with Crippen LogP contribution >= 0.6 is 23.4 Å². The van der Waals surface area contributed by atoms with Gasteiger partial charge in [-0.3, -0.25) is 4.90 Å². The van der Waals surface area contributed by atoms with Gasteiger partial charge in [0.05, 0.1) is 0 Å². The van der Waals surface area contributed by atoms with E-state index >= 15 is 0 Å². The van der Waals surface area contributed by atoms with Crippen molar-refractivity contribution in [1.82, 2.24) is 4.90 Å². The molecule has 0 aromatic heterocycles. The van der Waals surface area contributed by atoms with Gasteiger partial charge in [0.2, 0.25) is 0 Å². The van der Waals surface area contributed by atoms with Gasteiger partial charge in [-0.1, -0.05) is 30.7 Å². The number of halogens is 1. The van der Waals surface area contributed by atoms with Crippen LogP contribution < -0.4 is 5.73 Å². The number of benzene rings is 1. The molecule has 0 amide bonds. The maximum absolute atomic E-state index is 6.24. The first kappa shape index (κ1) is 15.2. The molecular weight excluding hydrogens is 276 g/mol. The van der Waals surface area contributed by atoms with Crippen LogP contribution in [-0.4, -0.2) is 35.0 Å². The van der Waals surface area contributed by atoms with Crippen LogP contribution in [0, 0.1) is 0 Å². The highest BCUT2D eigenvalue weighted by Crippen LogP contribution is 2.30. The average molecular weight is 299 g/mol. The van der Waals surface area contributed by atoms with Gasteiger partial charge in [-0.25, -0.2) is 0 Å². The number of hydrogen-bond donors (Lipinski definition) is 1. The van der Waals surface area contributed by atoms with E-state index in [9.17, 15) is 0 Å². The van der Waals surface area contributed by atoms with E-state index in [0.29, 0.717) is 6.04 Å². The van der Waals surface area contributed by atoms with Gasteiger partial charge in [-0.15, -0.1) is 0 Å². The highest BCUT2D eigenvalue weighted by Gasteiger charge is 2.28. The van der Waals surface area contributed by atoms with Crippen LogP contribution in [0.5, 0.6) is 0 Å². The van der Waals surface area contributed by atoms with Crippen molar-refractivity contribution >= 4 is 23.4 Å². The summed E-state index contributed by atoms with van der Waals surface area (Å²) in [6.45, 7) is 6.62. The Hall–Kier alpha value is -0.220. The lowest BCUT2D eigenvalue weighted by atomic mass is 9.98. The molecule has 0 aliphatic carbocycles. The minimum absolute atomic E-state index is 0.127. The fraction of sp³-hybridized carbons (Fsp3) is 0.600. The molecule has 4 heteroatoms. The van der Waals surface area contributed by atoms with E-state index in [0.717, 1.165) is 23.4 Å². The molecule has 1 aromatic carbocycles. The monoisotopic (exact) mass is 298 g/mol. The van der Waals surface area contributed by atoms with Crippen LogP contribution in [0.3, 0.4) is 0 Å². The molecule has 2 rings (SSSR count). The predicted molar refractivity (Wildman–Crippen MR) is 86.0 cm³/mol. The van der Waals surface area contributed by atoms with E-state index in [1.54, 1.807) is 0 Å². The maximum Gasteiger partial charge on any atom is 0.0497 e. The molecule has 2 nitrogen and oxygen atoms in total. The zero-order valence-electron chi connectivity index (χ0n) is 11.7. The third-order valence-corrected chi connectivity index (χ3v) is 5.35. The van der Waals surface area contributed by atoms with Gasteiger partial charge >= 0.3 is 0 Å². The number of nitrogens with zero attached hydrogens (tertiary/aromatic N) is 1. The molecular formula is C15H23ClN2S. The van der Waals surface area contributed by atoms with Crippen molar-refractivity contribution in [3.05, 3.63) is 34.9 Å². The third-order valence-electron chi connectivity index (χ3n) is 3.73. The van der Waals surface area contributed by atoms with Crippen LogP contribution in [0.25, 0.3) is 0 Å². The van der Waals surface area contributed by atoms with Crippen LogP contribution in [0.1, 0.15) is 31.9 Å². The summed E-state index contributed by atoms with van der Waals surface area (Å²) in [5.41, 5.74) is 7.52. The minimum Gasteiger partial charge on any atom is -0.326 e. The molecule has 106 valence electrons. The Kier molecular flexibility index (Phi) is 5.58. The largest absolute Gasteiger partial charge is 0.326 e. The van der Waals surface area contributed by atoms with Crippen LogP contribution in [0.2, 0.25) is 5.02 Å². The van der Waals surface area contributed by atoms with Gasteiger partial charge in [0.15, 0.2) is 0 Å². The van der Waals surface area contributed by atoms with Crippen molar-refractivity contribution in [3.63, 3.8) is 0 Å². The van der Waals surface area contributed by atoms with Crippen LogP contribution in [0.15, 0.2) is 24.3 Å². The highest BCUT2D eigenvalue weighted by atomic mass is 35.5. The summed E-state index contributed by atoms with van der Waals surface area (Å²) in [6, 6.07) is 8.57. The van der Waals surface area contributed by atoms with Gasteiger partial charge < -0.3 is 5.73 Å². The maximum atomic E-state index is 6.24. The third kappa shape index (κ3) is 3.88. The molecule has 1 aromatic rings. The van der Waals surface area contributed by atoms with Crippen molar-refractivity contribution in [2.45, 2.75) is 37.6 Å². The van der Waals surface area contributed by atoms with Crippen molar-refractivity contribution in [3.8, 4) is 0 Å². The number of thioether (sulfide) groups is 1. The summed E-state index contributed by atoms with van der Waals surface area (Å²) in [5.74, 6) is 1.20. The lowest BCUT2D eigenvalue weighted by molar-refractivity contribution is 0.181. The predicted octanol–water partition coefficient (Wildman–Crippen LogP) is 3.56. The summed E-state index contributed by atoms with van der Waals surface area (Å²) < 4.78 is 0. The molecule has 1 aliphatic rings. The summed E-state index contributed by atoms with van der Waals surface area (Å²) in [5, 5.41) is 1.52. The minimum atomic E-state index is 0.127. The SMILES string of the molecule is CCC1CN(C(c2ccc(Cl)cc2)C(C)N)CCS1. The van der Waals surface area contributed by atoms with E-state index in [4.69, 9.17) is 17.3 Å². The molecule has 1 aliphatic heterocycles. The molecule has 0 saturated carbocycles. The summed E-state index contributed by atoms with van der Waals surface area (Å²) in [7, 11) is 0. The van der Waals surface area contributed by atoms with Crippen molar-refractivity contribution in [2.24, 2.45) is 5.73 Å². The van der Waals surface area contributed by atoms with Gasteiger partial charge in [-0.05, 0) is 31.0 Å². The molecule has 0 radical (unpaired) electrons. The molecule has 3 atom stereocenters. The molecule has 1 fully saturated rings. The molecule has 1 heterocycles. The number of rotatable bonds is 4. The average Bonchev–Trinajstić information content (AvgIpc) is 2.41. The Bertz CT molecular complexity index is 394. The van der Waals surface area contributed by atoms with Gasteiger partial charge in [0, 0.05) is 41.2 Å². The summed E-state index contributed by atoms with van der Waals surface area (Å²) in [6.07, 6.45) is 1.23. The zero-order valence-corrected chi connectivity index (χ0v) is 13.3.